The molecule has 0 radical (unpaired) electrons. The summed E-state index contributed by atoms with van der Waals surface area (Å²) in [6, 6.07) is 64.8. The maximum Gasteiger partial charge on any atom is 0.143 e. The second-order valence-corrected chi connectivity index (χ2v) is 14.1. The van der Waals surface area contributed by atoms with Gasteiger partial charge >= 0.3 is 0 Å². The van der Waals surface area contributed by atoms with Crippen LogP contribution < -0.4 is 10.6 Å². The monoisotopic (exact) mass is 744 g/mol. The molecule has 10 rings (SSSR count). The predicted octanol–water partition coefficient (Wildman–Crippen LogP) is 14.3. The molecule has 0 saturated heterocycles. The lowest BCUT2D eigenvalue weighted by atomic mass is 9.96. The van der Waals surface area contributed by atoms with Gasteiger partial charge in [0.2, 0.25) is 0 Å². The van der Waals surface area contributed by atoms with E-state index in [1.165, 1.54) is 0 Å². The van der Waals surface area contributed by atoms with Crippen LogP contribution in [-0.2, 0) is 0 Å². The van der Waals surface area contributed by atoms with Gasteiger partial charge in [0.1, 0.15) is 34.5 Å². The van der Waals surface area contributed by atoms with Crippen molar-refractivity contribution in [3.63, 3.8) is 0 Å². The molecule has 2 aromatic heterocycles. The van der Waals surface area contributed by atoms with Crippen molar-refractivity contribution in [2.75, 3.05) is 10.6 Å². The molecule has 0 aliphatic carbocycles. The van der Waals surface area contributed by atoms with Crippen LogP contribution in [0.25, 0.3) is 77.3 Å². The fourth-order valence-electron chi connectivity index (χ4n) is 7.72. The van der Waals surface area contributed by atoms with E-state index in [0.717, 1.165) is 88.9 Å². The molecule has 58 heavy (non-hydrogen) atoms. The van der Waals surface area contributed by atoms with Crippen LogP contribution in [0.2, 0.25) is 0 Å². The predicted molar refractivity (Wildman–Crippen MR) is 236 cm³/mol. The van der Waals surface area contributed by atoms with E-state index >= 15 is 0 Å². The van der Waals surface area contributed by atoms with Crippen LogP contribution in [0.3, 0.4) is 0 Å². The summed E-state index contributed by atoms with van der Waals surface area (Å²) in [5.41, 5.74) is 13.2. The summed E-state index contributed by atoms with van der Waals surface area (Å²) < 4.78 is 12.5. The number of para-hydroxylation sites is 4. The van der Waals surface area contributed by atoms with Crippen molar-refractivity contribution in [1.29, 1.82) is 10.5 Å². The van der Waals surface area contributed by atoms with Gasteiger partial charge in [0.05, 0.1) is 11.1 Å². The van der Waals surface area contributed by atoms with Crippen LogP contribution in [-0.4, -0.2) is 0 Å². The molecule has 272 valence electrons. The van der Waals surface area contributed by atoms with Crippen molar-refractivity contribution in [1.82, 2.24) is 0 Å². The molecule has 0 fully saturated rings. The molecule has 6 heteroatoms. The molecule has 0 aliphatic rings. The summed E-state index contributed by atoms with van der Waals surface area (Å²) in [5, 5.41) is 31.8. The maximum atomic E-state index is 10.2. The summed E-state index contributed by atoms with van der Waals surface area (Å²) in [4.78, 5) is 0. The van der Waals surface area contributed by atoms with Gasteiger partial charge < -0.3 is 19.5 Å². The van der Waals surface area contributed by atoms with E-state index < -0.39 is 0 Å². The summed E-state index contributed by atoms with van der Waals surface area (Å²) in [7, 11) is 0. The van der Waals surface area contributed by atoms with E-state index in [4.69, 9.17) is 8.83 Å². The lowest BCUT2D eigenvalue weighted by Gasteiger charge is -2.11. The number of nitriles is 2. The number of benzene rings is 8. The normalized spacial score (nSPS) is 11.7. The van der Waals surface area contributed by atoms with Crippen LogP contribution in [0.15, 0.2) is 191 Å². The van der Waals surface area contributed by atoms with Gasteiger partial charge in [-0.1, -0.05) is 121 Å². The highest BCUT2D eigenvalue weighted by Gasteiger charge is 2.15. The van der Waals surface area contributed by atoms with Gasteiger partial charge in [-0.3, -0.25) is 0 Å². The molecule has 6 nitrogen and oxygen atoms in total. The van der Waals surface area contributed by atoms with Gasteiger partial charge in [-0.05, 0) is 82.9 Å². The van der Waals surface area contributed by atoms with Gasteiger partial charge in [0.25, 0.3) is 0 Å². The summed E-state index contributed by atoms with van der Waals surface area (Å²) in [5.74, 6) is 0. The minimum atomic E-state index is 0.314. The number of allylic oxidation sites excluding steroid dienone is 2. The highest BCUT2D eigenvalue weighted by Crippen LogP contribution is 2.38. The third-order valence-electron chi connectivity index (χ3n) is 10.6. The molecule has 10 aromatic rings. The lowest BCUT2D eigenvalue weighted by molar-refractivity contribution is 0.669. The first-order valence-corrected chi connectivity index (χ1v) is 18.9. The minimum Gasteiger partial charge on any atom is -0.455 e. The first kappa shape index (κ1) is 34.2. The van der Waals surface area contributed by atoms with Crippen LogP contribution in [0.5, 0.6) is 0 Å². The summed E-state index contributed by atoms with van der Waals surface area (Å²) in [6.07, 6.45) is 0. The van der Waals surface area contributed by atoms with Crippen LogP contribution in [0, 0.1) is 22.7 Å². The maximum absolute atomic E-state index is 10.2. The van der Waals surface area contributed by atoms with E-state index in [-0.39, 0.29) is 0 Å². The standard InChI is InChI=1S/C52H32N4O2/c53-31-47(35-19-27-39(28-20-35)55-37-23-15-33(16-24-37)41-9-5-11-45-43-7-1-3-13-49(43)57-51(41)45)48(32-54)36-21-29-40(30-22-36)56-38-25-17-34(18-26-38)42-10-6-12-46-44-8-2-4-14-50(44)58-52(42)46/h1-30,55-56H/b48-47+. The third kappa shape index (κ3) is 6.18. The zero-order valence-corrected chi connectivity index (χ0v) is 31.0. The smallest absolute Gasteiger partial charge is 0.143 e. The quantitative estimate of drug-likeness (QED) is 0.119. The van der Waals surface area contributed by atoms with Crippen molar-refractivity contribution in [3.8, 4) is 34.4 Å². The van der Waals surface area contributed by atoms with Crippen molar-refractivity contribution in [2.24, 2.45) is 0 Å². The number of anilines is 4. The van der Waals surface area contributed by atoms with E-state index in [9.17, 15) is 10.5 Å². The molecule has 0 atom stereocenters. The van der Waals surface area contributed by atoms with Crippen LogP contribution in [0.1, 0.15) is 11.1 Å². The Hall–Kier alpha value is -8.32. The van der Waals surface area contributed by atoms with Gasteiger partial charge in [0, 0.05) is 55.4 Å². The Labute approximate surface area is 334 Å². The van der Waals surface area contributed by atoms with Gasteiger partial charge in [-0.25, -0.2) is 0 Å². The summed E-state index contributed by atoms with van der Waals surface area (Å²) >= 11 is 0. The molecule has 0 unspecified atom stereocenters. The highest BCUT2D eigenvalue weighted by molar-refractivity contribution is 6.10. The third-order valence-corrected chi connectivity index (χ3v) is 10.6. The number of fused-ring (bicyclic) bond motifs is 6. The van der Waals surface area contributed by atoms with Crippen molar-refractivity contribution < 1.29 is 8.83 Å². The molecule has 2 heterocycles. The molecule has 0 saturated carbocycles. The number of hydrogen-bond acceptors (Lipinski definition) is 6. The average molecular weight is 745 g/mol. The Balaban J connectivity index is 0.829. The number of nitrogens with zero attached hydrogens (tertiary/aromatic N) is 2. The highest BCUT2D eigenvalue weighted by atomic mass is 16.3. The Morgan fingerprint density at radius 1 is 0.362 bits per heavy atom. The van der Waals surface area contributed by atoms with Crippen LogP contribution in [0.4, 0.5) is 22.7 Å². The average Bonchev–Trinajstić information content (AvgIpc) is 3.86. The van der Waals surface area contributed by atoms with Crippen molar-refractivity contribution in [2.45, 2.75) is 0 Å². The van der Waals surface area contributed by atoms with Gasteiger partial charge in [-0.2, -0.15) is 10.5 Å². The second-order valence-electron chi connectivity index (χ2n) is 14.1. The molecule has 2 N–H and O–H groups in total. The first-order valence-electron chi connectivity index (χ1n) is 18.9. The molecule has 0 bridgehead atoms. The van der Waals surface area contributed by atoms with E-state index in [2.05, 4.69) is 95.6 Å². The zero-order chi connectivity index (χ0) is 39.0. The fourth-order valence-corrected chi connectivity index (χ4v) is 7.72. The number of hydrogen-bond donors (Lipinski definition) is 2. The van der Waals surface area contributed by atoms with E-state index in [0.29, 0.717) is 22.3 Å². The summed E-state index contributed by atoms with van der Waals surface area (Å²) in [6.45, 7) is 0. The number of nitrogens with one attached hydrogen (secondary N) is 2. The topological polar surface area (TPSA) is 97.9 Å². The van der Waals surface area contributed by atoms with Crippen LogP contribution >= 0.6 is 0 Å². The zero-order valence-electron chi connectivity index (χ0n) is 31.0. The Morgan fingerprint density at radius 2 is 0.707 bits per heavy atom. The first-order chi connectivity index (χ1) is 28.6. The molecule has 0 spiro atoms. The Kier molecular flexibility index (Phi) is 8.49. The number of furan rings is 2. The van der Waals surface area contributed by atoms with Gasteiger partial charge in [0.15, 0.2) is 0 Å². The number of rotatable bonds is 8. The second kappa shape index (κ2) is 14.4. The molecule has 8 aromatic carbocycles. The minimum absolute atomic E-state index is 0.314. The Morgan fingerprint density at radius 3 is 1.09 bits per heavy atom. The Bertz CT molecular complexity index is 3050. The van der Waals surface area contributed by atoms with Crippen molar-refractivity contribution >= 4 is 77.8 Å². The van der Waals surface area contributed by atoms with E-state index in [1.54, 1.807) is 0 Å². The largest absolute Gasteiger partial charge is 0.455 e. The van der Waals surface area contributed by atoms with E-state index in [1.807, 2.05) is 109 Å². The molecular formula is C52H32N4O2. The fraction of sp³-hybridized carbons (Fsp3) is 0. The molecule has 0 aliphatic heterocycles. The van der Waals surface area contributed by atoms with Crippen molar-refractivity contribution in [3.05, 3.63) is 193 Å². The van der Waals surface area contributed by atoms with Gasteiger partial charge in [-0.15, -0.1) is 0 Å². The lowest BCUT2D eigenvalue weighted by Crippen LogP contribution is -1.94. The molecular weight excluding hydrogens is 713 g/mol. The molecule has 0 amide bonds. The SMILES string of the molecule is N#C/C(=C(/C#N)c1ccc(Nc2ccc(-c3cccc4c3oc3ccccc34)cc2)cc1)c1ccc(Nc2ccc(-c3cccc4c3oc3ccccc34)cc2)cc1.